The molecule has 0 unspecified atom stereocenters. The van der Waals surface area contributed by atoms with Crippen molar-refractivity contribution in [1.82, 2.24) is 15.5 Å². The summed E-state index contributed by atoms with van der Waals surface area (Å²) >= 11 is 0. The monoisotopic (exact) mass is 286 g/mol. The van der Waals surface area contributed by atoms with Gasteiger partial charge in [-0.15, -0.1) is 5.10 Å². The van der Waals surface area contributed by atoms with Crippen LogP contribution < -0.4 is 10.6 Å². The lowest BCUT2D eigenvalue weighted by Gasteiger charge is -2.14. The molecule has 0 spiro atoms. The van der Waals surface area contributed by atoms with Crippen molar-refractivity contribution in [2.24, 2.45) is 0 Å². The number of hydrogen-bond donors (Lipinski definition) is 2. The van der Waals surface area contributed by atoms with E-state index in [9.17, 15) is 17.6 Å². The summed E-state index contributed by atoms with van der Waals surface area (Å²) in [5.41, 5.74) is 0. The molecular formula is C9H14F4N4O2. The molecule has 0 aliphatic carbocycles. The minimum atomic E-state index is -4.15. The van der Waals surface area contributed by atoms with E-state index in [1.807, 2.05) is 5.32 Å². The molecule has 0 radical (unpaired) electrons. The Morgan fingerprint density at radius 2 is 2.11 bits per heavy atom. The van der Waals surface area contributed by atoms with Gasteiger partial charge in [0.25, 0.3) is 0 Å². The fourth-order valence-electron chi connectivity index (χ4n) is 1.04. The second kappa shape index (κ2) is 7.24. The number of anilines is 1. The summed E-state index contributed by atoms with van der Waals surface area (Å²) in [6.45, 7) is -0.0162. The Bertz CT molecular complexity index is 375. The molecule has 10 heteroatoms. The Hall–Kier alpha value is -1.42. The predicted molar refractivity (Wildman–Crippen MR) is 57.3 cm³/mol. The highest BCUT2D eigenvalue weighted by atomic mass is 19.3. The van der Waals surface area contributed by atoms with E-state index in [2.05, 4.69) is 15.5 Å². The standard InChI is InChI=1S/C9H14F4N4O2/c1-18-3-2-14-4-6-16-17-8(19-6)15-5-9(12,13)7(10)11/h7,14H,2-5H2,1H3,(H,15,17). The van der Waals surface area contributed by atoms with E-state index in [1.165, 1.54) is 0 Å². The molecule has 1 heterocycles. The summed E-state index contributed by atoms with van der Waals surface area (Å²) in [5, 5.41) is 11.8. The van der Waals surface area contributed by atoms with Gasteiger partial charge in [0, 0.05) is 13.7 Å². The van der Waals surface area contributed by atoms with E-state index in [0.29, 0.717) is 13.2 Å². The molecule has 1 rings (SSSR count). The molecule has 110 valence electrons. The van der Waals surface area contributed by atoms with Gasteiger partial charge in [-0.1, -0.05) is 5.10 Å². The molecule has 1 aromatic rings. The number of nitrogens with zero attached hydrogens (tertiary/aromatic N) is 2. The lowest BCUT2D eigenvalue weighted by molar-refractivity contribution is -0.117. The number of aromatic nitrogens is 2. The number of hydrogen-bond acceptors (Lipinski definition) is 6. The van der Waals surface area contributed by atoms with Crippen LogP contribution in [0.2, 0.25) is 0 Å². The molecule has 0 bridgehead atoms. The van der Waals surface area contributed by atoms with Crippen LogP contribution in [0.4, 0.5) is 23.6 Å². The average Bonchev–Trinajstić information content (AvgIpc) is 2.80. The maximum atomic E-state index is 12.6. The number of nitrogens with one attached hydrogen (secondary N) is 2. The van der Waals surface area contributed by atoms with E-state index >= 15 is 0 Å². The highest BCUT2D eigenvalue weighted by molar-refractivity contribution is 5.17. The summed E-state index contributed by atoms with van der Waals surface area (Å²) in [4.78, 5) is 0. The summed E-state index contributed by atoms with van der Waals surface area (Å²) in [6, 6.07) is -0.330. The van der Waals surface area contributed by atoms with Gasteiger partial charge in [-0.25, -0.2) is 8.78 Å². The minimum Gasteiger partial charge on any atom is -0.407 e. The highest BCUT2D eigenvalue weighted by Crippen LogP contribution is 2.22. The van der Waals surface area contributed by atoms with Crippen molar-refractivity contribution in [3.63, 3.8) is 0 Å². The molecule has 0 aromatic carbocycles. The maximum Gasteiger partial charge on any atom is 0.324 e. The van der Waals surface area contributed by atoms with Crippen LogP contribution in [0.1, 0.15) is 5.89 Å². The normalized spacial score (nSPS) is 12.1. The van der Waals surface area contributed by atoms with Gasteiger partial charge < -0.3 is 19.8 Å². The van der Waals surface area contributed by atoms with Crippen LogP contribution >= 0.6 is 0 Å². The molecule has 2 N–H and O–H groups in total. The predicted octanol–water partition coefficient (Wildman–Crippen LogP) is 1.12. The molecule has 0 fully saturated rings. The Balaban J connectivity index is 2.34. The topological polar surface area (TPSA) is 72.2 Å². The fraction of sp³-hybridized carbons (Fsp3) is 0.778. The first kappa shape index (κ1) is 15.6. The van der Waals surface area contributed by atoms with Gasteiger partial charge in [-0.2, -0.15) is 8.78 Å². The number of ether oxygens (including phenoxy) is 1. The molecule has 0 saturated carbocycles. The first-order valence-electron chi connectivity index (χ1n) is 5.37. The zero-order chi connectivity index (χ0) is 14.3. The van der Waals surface area contributed by atoms with Crippen molar-refractivity contribution >= 4 is 6.01 Å². The van der Waals surface area contributed by atoms with Crippen molar-refractivity contribution in [3.8, 4) is 0 Å². The van der Waals surface area contributed by atoms with Gasteiger partial charge in [0.15, 0.2) is 0 Å². The van der Waals surface area contributed by atoms with Crippen LogP contribution in [0.25, 0.3) is 0 Å². The van der Waals surface area contributed by atoms with Gasteiger partial charge in [0.2, 0.25) is 5.89 Å². The Kier molecular flexibility index (Phi) is 5.96. The smallest absolute Gasteiger partial charge is 0.324 e. The van der Waals surface area contributed by atoms with E-state index < -0.39 is 18.9 Å². The lowest BCUT2D eigenvalue weighted by atomic mass is 10.3. The highest BCUT2D eigenvalue weighted by Gasteiger charge is 2.40. The summed E-state index contributed by atoms with van der Waals surface area (Å²) in [7, 11) is 1.54. The summed E-state index contributed by atoms with van der Waals surface area (Å²) < 4.78 is 58.7. The number of alkyl halides is 4. The van der Waals surface area contributed by atoms with Gasteiger partial charge in [-0.05, 0) is 0 Å². The van der Waals surface area contributed by atoms with Crippen molar-refractivity contribution in [1.29, 1.82) is 0 Å². The first-order chi connectivity index (χ1) is 8.95. The number of methoxy groups -OCH3 is 1. The summed E-state index contributed by atoms with van der Waals surface area (Å²) in [6.07, 6.45) is -3.75. The van der Waals surface area contributed by atoms with Crippen LogP contribution in [0.3, 0.4) is 0 Å². The molecular weight excluding hydrogens is 272 g/mol. The zero-order valence-electron chi connectivity index (χ0n) is 10.1. The van der Waals surface area contributed by atoms with Crippen LogP contribution in [0, 0.1) is 0 Å². The second-order valence-corrected chi connectivity index (χ2v) is 3.59. The minimum absolute atomic E-state index is 0.152. The third-order valence-electron chi connectivity index (χ3n) is 2.02. The number of rotatable bonds is 9. The van der Waals surface area contributed by atoms with Crippen molar-refractivity contribution in [3.05, 3.63) is 5.89 Å². The zero-order valence-corrected chi connectivity index (χ0v) is 10.1. The summed E-state index contributed by atoms with van der Waals surface area (Å²) in [5.74, 6) is -4.00. The van der Waals surface area contributed by atoms with Crippen molar-refractivity contribution < 1.29 is 26.7 Å². The molecule has 0 aliphatic rings. The molecule has 19 heavy (non-hydrogen) atoms. The Morgan fingerprint density at radius 1 is 1.37 bits per heavy atom. The molecule has 1 aromatic heterocycles. The van der Waals surface area contributed by atoms with E-state index in [-0.39, 0.29) is 18.5 Å². The van der Waals surface area contributed by atoms with Crippen molar-refractivity contribution in [2.45, 2.75) is 18.9 Å². The molecule has 0 aliphatic heterocycles. The van der Waals surface area contributed by atoms with Crippen LogP contribution in [-0.4, -0.2) is 49.4 Å². The van der Waals surface area contributed by atoms with Gasteiger partial charge in [-0.3, -0.25) is 0 Å². The van der Waals surface area contributed by atoms with E-state index in [4.69, 9.17) is 9.15 Å². The second-order valence-electron chi connectivity index (χ2n) is 3.59. The quantitative estimate of drug-likeness (QED) is 0.523. The van der Waals surface area contributed by atoms with Crippen LogP contribution in [0.15, 0.2) is 4.42 Å². The van der Waals surface area contributed by atoms with Gasteiger partial charge in [0.05, 0.1) is 19.7 Å². The van der Waals surface area contributed by atoms with E-state index in [0.717, 1.165) is 0 Å². The van der Waals surface area contributed by atoms with Crippen molar-refractivity contribution in [2.75, 3.05) is 32.1 Å². The van der Waals surface area contributed by atoms with Crippen LogP contribution in [0.5, 0.6) is 0 Å². The molecule has 0 atom stereocenters. The van der Waals surface area contributed by atoms with Gasteiger partial charge >= 0.3 is 18.4 Å². The molecule has 0 saturated heterocycles. The third kappa shape index (κ3) is 5.39. The third-order valence-corrected chi connectivity index (χ3v) is 2.02. The van der Waals surface area contributed by atoms with E-state index in [1.54, 1.807) is 7.11 Å². The lowest BCUT2D eigenvalue weighted by Crippen LogP contribution is -2.34. The van der Waals surface area contributed by atoms with Gasteiger partial charge in [0.1, 0.15) is 0 Å². The molecule has 0 amide bonds. The average molecular weight is 286 g/mol. The number of halogens is 4. The first-order valence-corrected chi connectivity index (χ1v) is 5.37. The molecule has 6 nitrogen and oxygen atoms in total. The SMILES string of the molecule is COCCNCc1nnc(NCC(F)(F)C(F)F)o1. The fourth-order valence-corrected chi connectivity index (χ4v) is 1.04. The largest absolute Gasteiger partial charge is 0.407 e. The Labute approximate surface area is 106 Å². The van der Waals surface area contributed by atoms with Crippen LogP contribution in [-0.2, 0) is 11.3 Å². The Morgan fingerprint density at radius 3 is 2.74 bits per heavy atom. The maximum absolute atomic E-state index is 12.6.